The first-order chi connectivity index (χ1) is 8.97. The molecule has 1 unspecified atom stereocenters. The van der Waals surface area contributed by atoms with Crippen LogP contribution in [0.2, 0.25) is 0 Å². The molecule has 0 spiro atoms. The van der Waals surface area contributed by atoms with Gasteiger partial charge in [0.05, 0.1) is 11.8 Å². The summed E-state index contributed by atoms with van der Waals surface area (Å²) < 4.78 is 0. The van der Waals surface area contributed by atoms with Gasteiger partial charge in [0.1, 0.15) is 0 Å². The first-order valence-electron chi connectivity index (χ1n) is 6.43. The Hall–Kier alpha value is -1.91. The minimum absolute atomic E-state index is 0.206. The van der Waals surface area contributed by atoms with Crippen molar-refractivity contribution in [3.05, 3.63) is 24.0 Å². The zero-order chi connectivity index (χ0) is 14.0. The topological polar surface area (TPSA) is 79.3 Å². The number of aryl methyl sites for hydroxylation is 1. The van der Waals surface area contributed by atoms with Crippen molar-refractivity contribution in [2.45, 2.75) is 26.7 Å². The molecule has 0 radical (unpaired) electrons. The van der Waals surface area contributed by atoms with Gasteiger partial charge in [0.2, 0.25) is 5.91 Å². The molecular weight excluding hydrogens is 244 g/mol. The number of carboxylic acid groups (broad SMARTS) is 1. The molecule has 1 saturated carbocycles. The van der Waals surface area contributed by atoms with Crippen LogP contribution >= 0.6 is 0 Å². The minimum Gasteiger partial charge on any atom is -0.481 e. The summed E-state index contributed by atoms with van der Waals surface area (Å²) in [7, 11) is 0. The molecule has 19 heavy (non-hydrogen) atoms. The number of carboxylic acids is 1. The largest absolute Gasteiger partial charge is 0.481 e. The number of hydrogen-bond acceptors (Lipinski definition) is 3. The molecule has 1 aromatic heterocycles. The molecule has 1 aromatic rings. The Morgan fingerprint density at radius 1 is 1.37 bits per heavy atom. The Bertz CT molecular complexity index is 501. The first kappa shape index (κ1) is 13.5. The Kier molecular flexibility index (Phi) is 3.83. The highest BCUT2D eigenvalue weighted by Crippen LogP contribution is 2.37. The van der Waals surface area contributed by atoms with Crippen LogP contribution in [0.3, 0.4) is 0 Å². The van der Waals surface area contributed by atoms with E-state index in [0.29, 0.717) is 18.5 Å². The Morgan fingerprint density at radius 2 is 2.05 bits per heavy atom. The van der Waals surface area contributed by atoms with Crippen molar-refractivity contribution < 1.29 is 14.7 Å². The van der Waals surface area contributed by atoms with Crippen molar-refractivity contribution in [2.75, 3.05) is 5.32 Å². The summed E-state index contributed by atoms with van der Waals surface area (Å²) in [6.07, 6.45) is 2.83. The van der Waals surface area contributed by atoms with Gasteiger partial charge in [-0.1, -0.05) is 6.92 Å². The van der Waals surface area contributed by atoms with E-state index in [2.05, 4.69) is 10.3 Å². The molecule has 1 amide bonds. The lowest BCUT2D eigenvalue weighted by Gasteiger charge is -2.15. The zero-order valence-electron chi connectivity index (χ0n) is 11.1. The smallest absolute Gasteiger partial charge is 0.307 e. The van der Waals surface area contributed by atoms with Crippen LogP contribution in [-0.2, 0) is 9.59 Å². The molecule has 1 aliphatic rings. The number of aliphatic carboxylic acids is 1. The molecule has 0 aliphatic heterocycles. The third-order valence-electron chi connectivity index (χ3n) is 3.62. The van der Waals surface area contributed by atoms with E-state index in [1.165, 1.54) is 0 Å². The Balaban J connectivity index is 2.09. The van der Waals surface area contributed by atoms with Crippen molar-refractivity contribution >= 4 is 17.6 Å². The van der Waals surface area contributed by atoms with E-state index in [1.807, 2.05) is 13.8 Å². The molecule has 1 heterocycles. The van der Waals surface area contributed by atoms with E-state index in [-0.39, 0.29) is 11.8 Å². The van der Waals surface area contributed by atoms with Crippen LogP contribution in [-0.4, -0.2) is 22.0 Å². The average Bonchev–Trinajstić information content (AvgIpc) is 2.71. The Morgan fingerprint density at radius 3 is 2.68 bits per heavy atom. The fraction of sp³-hybridized carbons (Fsp3) is 0.500. The molecule has 0 aromatic carbocycles. The molecular formula is C14H18N2O3. The standard InChI is InChI=1S/C14H18N2O3/c1-8-5-11(12(6-8)14(18)19)13(17)16-10-3-4-15-9(2)7-10/h3-4,7-8,11-12H,5-6H2,1-2H3,(H,18,19)(H,15,16,17)/t8?,11-,12+/m0/s1. The maximum Gasteiger partial charge on any atom is 0.307 e. The number of pyridine rings is 1. The van der Waals surface area contributed by atoms with Crippen LogP contribution in [0.4, 0.5) is 5.69 Å². The van der Waals surface area contributed by atoms with Gasteiger partial charge >= 0.3 is 5.97 Å². The van der Waals surface area contributed by atoms with Crippen LogP contribution in [0.25, 0.3) is 0 Å². The maximum atomic E-state index is 12.2. The Labute approximate surface area is 112 Å². The quantitative estimate of drug-likeness (QED) is 0.874. The number of nitrogens with zero attached hydrogens (tertiary/aromatic N) is 1. The first-order valence-corrected chi connectivity index (χ1v) is 6.43. The predicted molar refractivity (Wildman–Crippen MR) is 70.6 cm³/mol. The lowest BCUT2D eigenvalue weighted by atomic mass is 9.95. The van der Waals surface area contributed by atoms with Gasteiger partial charge < -0.3 is 10.4 Å². The summed E-state index contributed by atoms with van der Waals surface area (Å²) in [5, 5.41) is 12.0. The second-order valence-electron chi connectivity index (χ2n) is 5.30. The summed E-state index contributed by atoms with van der Waals surface area (Å²) in [6, 6.07) is 3.48. The number of aromatic nitrogens is 1. The van der Waals surface area contributed by atoms with Crippen molar-refractivity contribution in [1.82, 2.24) is 4.98 Å². The summed E-state index contributed by atoms with van der Waals surface area (Å²) >= 11 is 0. The lowest BCUT2D eigenvalue weighted by Crippen LogP contribution is -2.30. The summed E-state index contributed by atoms with van der Waals surface area (Å²) in [5.74, 6) is -1.83. The van der Waals surface area contributed by atoms with Gasteiger partial charge in [0, 0.05) is 17.6 Å². The van der Waals surface area contributed by atoms with Crippen molar-refractivity contribution in [1.29, 1.82) is 0 Å². The van der Waals surface area contributed by atoms with Gasteiger partial charge in [0.15, 0.2) is 0 Å². The number of amides is 1. The maximum absolute atomic E-state index is 12.2. The van der Waals surface area contributed by atoms with Crippen molar-refractivity contribution in [2.24, 2.45) is 17.8 Å². The van der Waals surface area contributed by atoms with Gasteiger partial charge in [-0.2, -0.15) is 0 Å². The molecule has 0 saturated heterocycles. The fourth-order valence-electron chi connectivity index (χ4n) is 2.71. The number of rotatable bonds is 3. The zero-order valence-corrected chi connectivity index (χ0v) is 11.1. The number of hydrogen-bond donors (Lipinski definition) is 2. The van der Waals surface area contributed by atoms with Gasteiger partial charge in [-0.25, -0.2) is 0 Å². The van der Waals surface area contributed by atoms with E-state index in [0.717, 1.165) is 5.69 Å². The molecule has 2 N–H and O–H groups in total. The molecule has 5 nitrogen and oxygen atoms in total. The van der Waals surface area contributed by atoms with E-state index in [4.69, 9.17) is 0 Å². The number of carbonyl (C=O) groups is 2. The van der Waals surface area contributed by atoms with Crippen LogP contribution in [0.15, 0.2) is 18.3 Å². The molecule has 1 fully saturated rings. The lowest BCUT2D eigenvalue weighted by molar-refractivity contribution is -0.145. The number of anilines is 1. The predicted octanol–water partition coefficient (Wildman–Crippen LogP) is 2.08. The van der Waals surface area contributed by atoms with E-state index >= 15 is 0 Å². The van der Waals surface area contributed by atoms with E-state index < -0.39 is 17.8 Å². The second-order valence-corrected chi connectivity index (χ2v) is 5.30. The van der Waals surface area contributed by atoms with Crippen molar-refractivity contribution in [3.8, 4) is 0 Å². The highest BCUT2D eigenvalue weighted by atomic mass is 16.4. The summed E-state index contributed by atoms with van der Waals surface area (Å²) in [6.45, 7) is 3.83. The summed E-state index contributed by atoms with van der Waals surface area (Å²) in [4.78, 5) is 27.4. The average molecular weight is 262 g/mol. The fourth-order valence-corrected chi connectivity index (χ4v) is 2.71. The minimum atomic E-state index is -0.879. The van der Waals surface area contributed by atoms with E-state index in [1.54, 1.807) is 18.3 Å². The van der Waals surface area contributed by atoms with Gasteiger partial charge in [-0.3, -0.25) is 14.6 Å². The highest BCUT2D eigenvalue weighted by Gasteiger charge is 2.41. The highest BCUT2D eigenvalue weighted by molar-refractivity contribution is 5.95. The van der Waals surface area contributed by atoms with Crippen LogP contribution in [0.1, 0.15) is 25.5 Å². The number of nitrogens with one attached hydrogen (secondary N) is 1. The van der Waals surface area contributed by atoms with Crippen LogP contribution in [0, 0.1) is 24.7 Å². The normalized spacial score (nSPS) is 26.1. The van der Waals surface area contributed by atoms with Crippen molar-refractivity contribution in [3.63, 3.8) is 0 Å². The number of carbonyl (C=O) groups excluding carboxylic acids is 1. The van der Waals surface area contributed by atoms with E-state index in [9.17, 15) is 14.7 Å². The third-order valence-corrected chi connectivity index (χ3v) is 3.62. The van der Waals surface area contributed by atoms with Crippen LogP contribution < -0.4 is 5.32 Å². The molecule has 5 heteroatoms. The molecule has 102 valence electrons. The molecule has 0 bridgehead atoms. The van der Waals surface area contributed by atoms with Gasteiger partial charge in [0.25, 0.3) is 0 Å². The molecule has 1 aliphatic carbocycles. The monoisotopic (exact) mass is 262 g/mol. The molecule has 3 atom stereocenters. The SMILES string of the molecule is Cc1cc(NC(=O)[C@H]2CC(C)C[C@H]2C(=O)O)ccn1. The third kappa shape index (κ3) is 3.10. The second kappa shape index (κ2) is 5.38. The van der Waals surface area contributed by atoms with Crippen LogP contribution in [0.5, 0.6) is 0 Å². The molecule has 2 rings (SSSR count). The van der Waals surface area contributed by atoms with Gasteiger partial charge in [-0.05, 0) is 37.8 Å². The summed E-state index contributed by atoms with van der Waals surface area (Å²) in [5.41, 5.74) is 1.48. The van der Waals surface area contributed by atoms with Gasteiger partial charge in [-0.15, -0.1) is 0 Å².